The van der Waals surface area contributed by atoms with Gasteiger partial charge in [0.2, 0.25) is 0 Å². The first-order valence-corrected chi connectivity index (χ1v) is 0.695. The van der Waals surface area contributed by atoms with Crippen molar-refractivity contribution in [2.75, 3.05) is 0 Å². The van der Waals surface area contributed by atoms with E-state index in [0.717, 1.165) is 0 Å². The molecule has 5 heteroatoms. The molecular weight excluding hydrogens is 72.0 g/mol. The Bertz CT molecular complexity index is 17.6. The first-order valence-electron chi connectivity index (χ1n) is 0.695. The summed E-state index contributed by atoms with van der Waals surface area (Å²) in [6, 6.07) is 0. The monoisotopic (exact) mass is 78.1 g/mol. The molecule has 0 bridgehead atoms. The van der Waals surface area contributed by atoms with Crippen LogP contribution in [0.2, 0.25) is 0 Å². The number of nitrogens with zero attached hydrogens (tertiary/aromatic N) is 1. The lowest BCUT2D eigenvalue weighted by atomic mass is 12.6. The highest BCUT2D eigenvalue weighted by Gasteiger charge is 1.40. The third-order valence-electron chi connectivity index (χ3n) is 0.0527. The third kappa shape index (κ3) is 56.5. The lowest BCUT2D eigenvalue weighted by molar-refractivity contribution is 0.796. The summed E-state index contributed by atoms with van der Waals surface area (Å²) in [7, 11) is 0. The van der Waals surface area contributed by atoms with E-state index in [0.29, 0.717) is 0 Å². The van der Waals surface area contributed by atoms with Gasteiger partial charge in [-0.15, -0.1) is 4.91 Å². The minimum absolute atomic E-state index is 0. The van der Waals surface area contributed by atoms with Gasteiger partial charge < -0.3 is 6.15 Å². The number of nitrogens with two attached hydrogens (primary N) is 1. The molecule has 0 amide bonds. The number of hydrogen-bond donors (Lipinski definition) is 3. The van der Waals surface area contributed by atoms with Crippen molar-refractivity contribution in [3.05, 3.63) is 4.91 Å². The molecule has 6 N–H and O–H groups in total. The minimum atomic E-state index is 0. The molecule has 0 aromatic carbocycles. The Hall–Kier alpha value is -0.680. The van der Waals surface area contributed by atoms with E-state index in [1.54, 1.807) is 0 Å². The summed E-state index contributed by atoms with van der Waals surface area (Å²) in [4.78, 5) is 8.69. The molecule has 0 atom stereocenters. The fourth-order valence-corrected chi connectivity index (χ4v) is 0. The van der Waals surface area contributed by atoms with Crippen molar-refractivity contribution in [2.24, 2.45) is 11.1 Å². The van der Waals surface area contributed by atoms with E-state index in [1.165, 1.54) is 5.53 Å². The van der Waals surface area contributed by atoms with E-state index in [2.05, 4.69) is 5.84 Å². The van der Waals surface area contributed by atoms with E-state index in [1.807, 2.05) is 5.29 Å². The van der Waals surface area contributed by atoms with Crippen LogP contribution >= 0.6 is 0 Å². The Kier molecular flexibility index (Phi) is 18.1. The van der Waals surface area contributed by atoms with Crippen molar-refractivity contribution in [1.82, 2.24) is 11.7 Å². The topological polar surface area (TPSA) is 102 Å². The van der Waals surface area contributed by atoms with Crippen molar-refractivity contribution in [3.63, 3.8) is 0 Å². The number of nitroso groups, excluding NO2 is 1. The van der Waals surface area contributed by atoms with Crippen molar-refractivity contribution < 1.29 is 0 Å². The van der Waals surface area contributed by atoms with Gasteiger partial charge in [0.25, 0.3) is 0 Å². The van der Waals surface area contributed by atoms with E-state index >= 15 is 0 Å². The van der Waals surface area contributed by atoms with Crippen molar-refractivity contribution >= 4 is 0 Å². The molecule has 0 aliphatic heterocycles. The van der Waals surface area contributed by atoms with Crippen LogP contribution in [0.4, 0.5) is 0 Å². The normalized spacial score (nSPS) is 4.20. The predicted molar refractivity (Wildman–Crippen MR) is 18.1 cm³/mol. The van der Waals surface area contributed by atoms with Crippen LogP contribution in [0.5, 0.6) is 0 Å². The summed E-state index contributed by atoms with van der Waals surface area (Å²) in [5.74, 6) is 4.30. The zero-order valence-corrected chi connectivity index (χ0v) is 2.64. The molecule has 0 saturated heterocycles. The van der Waals surface area contributed by atoms with E-state index in [9.17, 15) is 0 Å². The average molecular weight is 78.1 g/mol. The van der Waals surface area contributed by atoms with Gasteiger partial charge >= 0.3 is 0 Å². The molecular formula is H6N4O. The lowest BCUT2D eigenvalue weighted by Gasteiger charge is -1.64. The van der Waals surface area contributed by atoms with Crippen LogP contribution < -0.4 is 17.5 Å². The average Bonchev–Trinajstić information content (AvgIpc) is 1.37. The molecule has 0 radical (unpaired) electrons. The summed E-state index contributed by atoms with van der Waals surface area (Å²) in [6.07, 6.45) is 0. The Labute approximate surface area is 29.0 Å². The quantitative estimate of drug-likeness (QED) is 0.219. The van der Waals surface area contributed by atoms with Crippen LogP contribution in [0, 0.1) is 4.91 Å². The maximum absolute atomic E-state index is 8.69. The van der Waals surface area contributed by atoms with E-state index < -0.39 is 0 Å². The zero-order chi connectivity index (χ0) is 3.41. The zero-order valence-electron chi connectivity index (χ0n) is 2.64. The molecule has 0 rings (SSSR count). The van der Waals surface area contributed by atoms with E-state index in [-0.39, 0.29) is 6.15 Å². The SMILES string of the molecule is N.NNN=O. The number of rotatable bonds is 1. The standard InChI is InChI=1S/H3N3O.H3N/c1-2-3-4;/h(H2,1,3)(H,2,4);1H3. The van der Waals surface area contributed by atoms with Gasteiger partial charge in [0.15, 0.2) is 0 Å². The Balaban J connectivity index is 0. The van der Waals surface area contributed by atoms with Crippen molar-refractivity contribution in [1.29, 1.82) is 0 Å². The van der Waals surface area contributed by atoms with Gasteiger partial charge in [0, 0.05) is 0 Å². The van der Waals surface area contributed by atoms with Gasteiger partial charge in [0.05, 0.1) is 5.29 Å². The maximum atomic E-state index is 8.69. The molecule has 0 aliphatic rings. The molecule has 0 aromatic rings. The highest BCUT2D eigenvalue weighted by atomic mass is 16.3. The van der Waals surface area contributed by atoms with Gasteiger partial charge in [-0.05, 0) is 0 Å². The van der Waals surface area contributed by atoms with Crippen LogP contribution in [0.15, 0.2) is 5.29 Å². The Morgan fingerprint density at radius 1 is 1.80 bits per heavy atom. The second-order valence-electron chi connectivity index (χ2n) is 0.220. The molecule has 0 aromatic heterocycles. The molecule has 0 aliphatic carbocycles. The van der Waals surface area contributed by atoms with Crippen LogP contribution in [0.3, 0.4) is 0 Å². The van der Waals surface area contributed by atoms with Gasteiger partial charge in [-0.2, -0.15) is 0 Å². The molecule has 0 fully saturated rings. The summed E-state index contributed by atoms with van der Waals surface area (Å²) in [5, 5.41) is 2.01. The molecule has 0 heterocycles. The second kappa shape index (κ2) is 10.3. The van der Waals surface area contributed by atoms with Crippen LogP contribution in [-0.2, 0) is 0 Å². The van der Waals surface area contributed by atoms with Crippen LogP contribution in [0.1, 0.15) is 0 Å². The fraction of sp³-hybridized carbons (Fsp3) is 0. The summed E-state index contributed by atoms with van der Waals surface area (Å²) < 4.78 is 0. The lowest BCUT2D eigenvalue weighted by Crippen LogP contribution is -2.11. The van der Waals surface area contributed by atoms with Crippen molar-refractivity contribution in [2.45, 2.75) is 0 Å². The molecule has 0 saturated carbocycles. The van der Waals surface area contributed by atoms with Gasteiger partial charge in [-0.3, -0.25) is 0 Å². The predicted octanol–water partition coefficient (Wildman–Crippen LogP) is -0.707. The smallest absolute Gasteiger partial charge is 0.0654 e. The summed E-state index contributed by atoms with van der Waals surface area (Å²) >= 11 is 0. The van der Waals surface area contributed by atoms with Crippen molar-refractivity contribution in [3.8, 4) is 0 Å². The largest absolute Gasteiger partial charge is 0.344 e. The first kappa shape index (κ1) is 8.85. The van der Waals surface area contributed by atoms with Crippen LogP contribution in [-0.4, -0.2) is 0 Å². The van der Waals surface area contributed by atoms with Gasteiger partial charge in [0.1, 0.15) is 0 Å². The summed E-state index contributed by atoms with van der Waals surface area (Å²) in [6.45, 7) is 0. The Morgan fingerprint density at radius 2 is 2.00 bits per heavy atom. The van der Waals surface area contributed by atoms with Gasteiger partial charge in [-0.25, -0.2) is 11.4 Å². The number of hydrazine groups is 1. The van der Waals surface area contributed by atoms with Gasteiger partial charge in [-0.1, -0.05) is 0 Å². The maximum Gasteiger partial charge on any atom is 0.0654 e. The van der Waals surface area contributed by atoms with E-state index in [4.69, 9.17) is 4.91 Å². The highest BCUT2D eigenvalue weighted by Crippen LogP contribution is 1.25. The highest BCUT2D eigenvalue weighted by molar-refractivity contribution is 4.01. The second-order valence-corrected chi connectivity index (χ2v) is 0.220. The molecule has 32 valence electrons. The number of hydrogen-bond acceptors (Lipinski definition) is 4. The minimum Gasteiger partial charge on any atom is -0.344 e. The molecule has 5 heavy (non-hydrogen) atoms. The Morgan fingerprint density at radius 3 is 2.00 bits per heavy atom. The summed E-state index contributed by atoms with van der Waals surface area (Å²) in [5.41, 5.74) is 1.50. The third-order valence-corrected chi connectivity index (χ3v) is 0.0527. The fourth-order valence-electron chi connectivity index (χ4n) is 0. The molecule has 0 spiro atoms. The molecule has 5 nitrogen and oxygen atoms in total. The van der Waals surface area contributed by atoms with Crippen LogP contribution in [0.25, 0.3) is 0 Å². The molecule has 0 unspecified atom stereocenters. The number of nitrogens with one attached hydrogen (secondary N) is 1. The first-order chi connectivity index (χ1) is 1.91.